The van der Waals surface area contributed by atoms with E-state index in [-0.39, 0.29) is 19.3 Å². The number of allylic oxidation sites excluding steroid dienone is 32. The van der Waals surface area contributed by atoms with Gasteiger partial charge in [-0.25, -0.2) is 9.13 Å². The Morgan fingerprint density at radius 3 is 0.694 bits per heavy atom. The van der Waals surface area contributed by atoms with E-state index in [4.69, 9.17) is 32.3 Å². The molecule has 0 aliphatic heterocycles. The molecule has 5 atom stereocenters. The highest BCUT2D eigenvalue weighted by Gasteiger charge is 2.30. The van der Waals surface area contributed by atoms with Gasteiger partial charge < -0.3 is 34.2 Å². The highest BCUT2D eigenvalue weighted by molar-refractivity contribution is 7.47. The van der Waals surface area contributed by atoms with Gasteiger partial charge in [0.05, 0.1) is 26.4 Å². The van der Waals surface area contributed by atoms with Gasteiger partial charge >= 0.3 is 33.6 Å². The fraction of sp³-hybridized carbons (Fsp3) is 0.660. The number of ether oxygens (including phenoxy) is 3. The molecule has 0 spiro atoms. The highest BCUT2D eigenvalue weighted by Crippen LogP contribution is 2.45. The van der Waals surface area contributed by atoms with Crippen LogP contribution in [0.3, 0.4) is 0 Å². The van der Waals surface area contributed by atoms with Crippen LogP contribution in [0.25, 0.3) is 0 Å². The number of carbonyl (C=O) groups excluding carboxylic acids is 3. The van der Waals surface area contributed by atoms with Crippen molar-refractivity contribution in [1.82, 2.24) is 0 Å². The van der Waals surface area contributed by atoms with Crippen LogP contribution in [0.2, 0.25) is 0 Å². The van der Waals surface area contributed by atoms with E-state index in [1.165, 1.54) is 128 Å². The second-order valence-electron chi connectivity index (χ2n) is 31.4. The minimum absolute atomic E-state index is 0.0940. The molecule has 0 aliphatic carbocycles. The number of aliphatic hydroxyl groups excluding tert-OH is 2. The van der Waals surface area contributed by atoms with Crippen molar-refractivity contribution >= 4 is 33.6 Å². The highest BCUT2D eigenvalue weighted by atomic mass is 31.2. The predicted octanol–water partition coefficient (Wildman–Crippen LogP) is 29.8. The Labute approximate surface area is 737 Å². The molecule has 0 saturated carbocycles. The summed E-state index contributed by atoms with van der Waals surface area (Å²) in [6.45, 7) is 2.45. The lowest BCUT2D eigenvalue weighted by atomic mass is 10.0. The van der Waals surface area contributed by atoms with Gasteiger partial charge in [0.2, 0.25) is 0 Å². The van der Waals surface area contributed by atoms with Crippen LogP contribution in [-0.4, -0.2) is 95.9 Å². The lowest BCUT2D eigenvalue weighted by Crippen LogP contribution is -2.30. The number of hydrogen-bond donors (Lipinski definition) is 4. The molecule has 121 heavy (non-hydrogen) atoms. The van der Waals surface area contributed by atoms with Gasteiger partial charge in [0.1, 0.15) is 25.4 Å². The Hall–Kier alpha value is -5.61. The molecule has 690 valence electrons. The fourth-order valence-electron chi connectivity index (χ4n) is 12.6. The van der Waals surface area contributed by atoms with Crippen LogP contribution < -0.4 is 0 Å². The van der Waals surface area contributed by atoms with Crippen LogP contribution >= 0.6 is 15.6 Å². The second kappa shape index (κ2) is 93.5. The van der Waals surface area contributed by atoms with Crippen LogP contribution in [0.15, 0.2) is 194 Å². The molecule has 0 aromatic heterocycles. The summed E-state index contributed by atoms with van der Waals surface area (Å²) in [6, 6.07) is 0. The quantitative estimate of drug-likeness (QED) is 0.0146. The number of unbranched alkanes of at least 4 members (excludes halogenated alkanes) is 34. The van der Waals surface area contributed by atoms with Crippen molar-refractivity contribution < 1.29 is 75.8 Å². The van der Waals surface area contributed by atoms with Crippen molar-refractivity contribution in [2.75, 3.05) is 39.6 Å². The molecular weight excluding hydrogens is 1560 g/mol. The summed E-state index contributed by atoms with van der Waals surface area (Å²) in [6.07, 6.45) is 125. The number of phosphoric ester groups is 2. The van der Waals surface area contributed by atoms with Crippen molar-refractivity contribution in [2.24, 2.45) is 0 Å². The molecule has 0 rings (SSSR count). The molecule has 0 saturated heterocycles. The summed E-state index contributed by atoms with van der Waals surface area (Å²) < 4.78 is 61.6. The van der Waals surface area contributed by atoms with Crippen LogP contribution in [0.5, 0.6) is 0 Å². The summed E-state index contributed by atoms with van der Waals surface area (Å²) >= 11 is 0. The smallest absolute Gasteiger partial charge is 0.463 e. The minimum atomic E-state index is -4.95. The normalized spacial score (nSPS) is 14.6. The Kier molecular flexibility index (Phi) is 89.2. The van der Waals surface area contributed by atoms with E-state index in [1.54, 1.807) is 0 Å². The first-order valence-corrected chi connectivity index (χ1v) is 50.7. The zero-order valence-electron chi connectivity index (χ0n) is 76.1. The van der Waals surface area contributed by atoms with Crippen LogP contribution in [0, 0.1) is 0 Å². The average Bonchev–Trinajstić information content (AvgIpc) is 0.907. The maximum atomic E-state index is 13.1. The third kappa shape index (κ3) is 94.9. The Morgan fingerprint density at radius 1 is 0.240 bits per heavy atom. The van der Waals surface area contributed by atoms with Gasteiger partial charge in [-0.1, -0.05) is 389 Å². The van der Waals surface area contributed by atoms with Crippen molar-refractivity contribution in [3.05, 3.63) is 194 Å². The largest absolute Gasteiger partial charge is 0.472 e. The van der Waals surface area contributed by atoms with E-state index >= 15 is 0 Å². The number of rotatable bonds is 89. The first-order chi connectivity index (χ1) is 59.2. The first-order valence-electron chi connectivity index (χ1n) is 47.7. The summed E-state index contributed by atoms with van der Waals surface area (Å²) in [5.41, 5.74) is 0. The maximum Gasteiger partial charge on any atom is 0.472 e. The average molecular weight is 1730 g/mol. The van der Waals surface area contributed by atoms with Gasteiger partial charge in [-0.05, 0) is 167 Å². The van der Waals surface area contributed by atoms with Gasteiger partial charge in [-0.2, -0.15) is 0 Å². The number of aliphatic hydroxyl groups is 2. The molecule has 0 radical (unpaired) electrons. The lowest BCUT2D eigenvalue weighted by Gasteiger charge is -2.21. The summed E-state index contributed by atoms with van der Waals surface area (Å²) in [5, 5.41) is 20.8. The molecule has 0 aliphatic rings. The topological polar surface area (TPSA) is 231 Å². The molecule has 0 aromatic carbocycles. The predicted molar refractivity (Wildman–Crippen MR) is 509 cm³/mol. The van der Waals surface area contributed by atoms with Crippen LogP contribution in [0.4, 0.5) is 0 Å². The third-order valence-electron chi connectivity index (χ3n) is 19.8. The molecule has 18 heteroatoms. The number of hydrogen-bond acceptors (Lipinski definition) is 14. The first kappa shape index (κ1) is 115. The summed E-state index contributed by atoms with van der Waals surface area (Å²) in [7, 11) is -9.82. The van der Waals surface area contributed by atoms with Crippen molar-refractivity contribution in [1.29, 1.82) is 0 Å². The molecule has 5 unspecified atom stereocenters. The summed E-state index contributed by atoms with van der Waals surface area (Å²) in [4.78, 5) is 59.1. The van der Waals surface area contributed by atoms with Crippen LogP contribution in [0.1, 0.15) is 380 Å². The van der Waals surface area contributed by atoms with Crippen molar-refractivity contribution in [3.63, 3.8) is 0 Å². The molecule has 0 aromatic rings. The van der Waals surface area contributed by atoms with E-state index < -0.39 is 91.5 Å². The Balaban J connectivity index is 4.69. The van der Waals surface area contributed by atoms with Gasteiger partial charge in [0.15, 0.2) is 6.10 Å². The van der Waals surface area contributed by atoms with E-state index in [9.17, 15) is 43.5 Å². The number of esters is 3. The molecule has 16 nitrogen and oxygen atoms in total. The minimum Gasteiger partial charge on any atom is -0.463 e. The van der Waals surface area contributed by atoms with Crippen molar-refractivity contribution in [3.8, 4) is 0 Å². The molecular formula is C103H172O16P2. The van der Waals surface area contributed by atoms with E-state index in [1.807, 2.05) is 0 Å². The van der Waals surface area contributed by atoms with E-state index in [2.05, 4.69) is 215 Å². The third-order valence-corrected chi connectivity index (χ3v) is 21.7. The molecule has 0 amide bonds. The van der Waals surface area contributed by atoms with Gasteiger partial charge in [-0.15, -0.1) is 0 Å². The van der Waals surface area contributed by atoms with Crippen LogP contribution in [-0.2, 0) is 55.8 Å². The van der Waals surface area contributed by atoms with E-state index in [0.717, 1.165) is 193 Å². The van der Waals surface area contributed by atoms with Crippen molar-refractivity contribution in [2.45, 2.75) is 399 Å². The molecule has 0 heterocycles. The monoisotopic (exact) mass is 1730 g/mol. The van der Waals surface area contributed by atoms with Gasteiger partial charge in [0, 0.05) is 19.3 Å². The summed E-state index contributed by atoms with van der Waals surface area (Å²) in [5.74, 6) is -1.58. The molecule has 0 bridgehead atoms. The maximum absolute atomic E-state index is 13.1. The second-order valence-corrected chi connectivity index (χ2v) is 34.3. The number of phosphoric acid groups is 2. The Bertz CT molecular complexity index is 2980. The lowest BCUT2D eigenvalue weighted by molar-refractivity contribution is -0.161. The zero-order chi connectivity index (χ0) is 87.9. The van der Waals surface area contributed by atoms with Gasteiger partial charge in [-0.3, -0.25) is 32.5 Å². The van der Waals surface area contributed by atoms with E-state index in [0.29, 0.717) is 19.3 Å². The SMILES string of the molecule is CC/C=C\C/C=C\C/C=C\C/C=C\C/C=C\C/C=C\CCCCCCCCCCCCC(=O)OCC(O)COP(=O)(O)OCC(O)COP(=O)(O)OCC(COC(=O)CCCCCCCCCCCC/C=C\C/C=C\C/C=C\C/C=C\C/C=C\C/C=C\CC)OC(=O)CCCCCCCCCCCCC/C=C\C/C=C\C/C=C\C/C=C\CCCCC. The molecule has 4 N–H and O–H groups in total. The standard InChI is InChI=1S/C103H172O16P2/c1-4-7-10-13-16-19-22-25-28-31-34-37-40-43-46-48-51-53-56-59-62-65-68-71-74-77-80-83-86-89-101(106)113-92-98(104)93-115-120(109,110)116-94-99(105)95-117-121(111,112)118-97-100(119-103(108)91-88-85-82-79-76-73-70-67-64-61-58-55-50-45-42-39-36-33-30-27-24-21-18-15-12-9-6-3)96-114-102(107)90-87-84-81-78-75-72-69-66-63-60-57-54-52-49-47-44-41-38-35-32-29-26-23-20-17-14-11-8-5-2/h7-8,10-11,16-21,25-30,34-39,43-47,50-54,98-100,104-105H,4-6,9,12-15,22-24,31-33,40-42,48-49,55-97H2,1-3H3,(H,109,110)(H,111,112)/b10-7-,11-8-,19-16-,20-17-,21-18-,28-25-,29-26-,30-27-,37-34-,38-35-,39-36-,46-43-,47-44-,50-45-,53-51-,54-52-. The molecule has 0 fully saturated rings. The zero-order valence-corrected chi connectivity index (χ0v) is 77.9. The Morgan fingerprint density at radius 2 is 0.438 bits per heavy atom. The van der Waals surface area contributed by atoms with Gasteiger partial charge in [0.25, 0.3) is 0 Å². The fourth-order valence-corrected chi connectivity index (χ4v) is 14.2. The number of carbonyl (C=O) groups is 3.